The van der Waals surface area contributed by atoms with Crippen LogP contribution in [0, 0.1) is 22.2 Å². The van der Waals surface area contributed by atoms with Gasteiger partial charge < -0.3 is 0 Å². The van der Waals surface area contributed by atoms with Crippen LogP contribution in [0.15, 0.2) is 12.2 Å². The predicted molar refractivity (Wildman–Crippen MR) is 60.4 cm³/mol. The lowest BCUT2D eigenvalue weighted by atomic mass is 9.51. The molecule has 2 saturated carbocycles. The number of ketones is 1. The Morgan fingerprint density at radius 2 is 2.00 bits per heavy atom. The van der Waals surface area contributed by atoms with Gasteiger partial charge in [-0.15, -0.1) is 0 Å². The first kappa shape index (κ1) is 9.62. The molecule has 15 heavy (non-hydrogen) atoms. The summed E-state index contributed by atoms with van der Waals surface area (Å²) in [7, 11) is 0. The van der Waals surface area contributed by atoms with Gasteiger partial charge in [-0.2, -0.15) is 0 Å². The summed E-state index contributed by atoms with van der Waals surface area (Å²) < 4.78 is 0. The van der Waals surface area contributed by atoms with Gasteiger partial charge in [0.15, 0.2) is 5.78 Å². The van der Waals surface area contributed by atoms with Gasteiger partial charge in [0, 0.05) is 5.92 Å². The van der Waals surface area contributed by atoms with Gasteiger partial charge in [0.05, 0.1) is 0 Å². The summed E-state index contributed by atoms with van der Waals surface area (Å²) in [6.45, 7) is 7.12. The molecule has 0 aromatic heterocycles. The van der Waals surface area contributed by atoms with Crippen LogP contribution in [0.5, 0.6) is 0 Å². The lowest BCUT2D eigenvalue weighted by Crippen LogP contribution is -2.46. The van der Waals surface area contributed by atoms with E-state index >= 15 is 0 Å². The average molecular weight is 204 g/mol. The minimum Gasteiger partial charge on any atom is -0.295 e. The van der Waals surface area contributed by atoms with Gasteiger partial charge in [0.1, 0.15) is 0 Å². The minimum absolute atomic E-state index is 0.299. The molecule has 0 bridgehead atoms. The Kier molecular flexibility index (Phi) is 1.53. The summed E-state index contributed by atoms with van der Waals surface area (Å²) >= 11 is 0. The van der Waals surface area contributed by atoms with Crippen molar-refractivity contribution in [2.45, 2.75) is 46.5 Å². The molecule has 2 fully saturated rings. The normalized spacial score (nSPS) is 50.9. The summed E-state index contributed by atoms with van der Waals surface area (Å²) in [6, 6.07) is 0. The molecule has 0 aromatic rings. The molecule has 1 spiro atoms. The zero-order valence-corrected chi connectivity index (χ0v) is 9.97. The molecule has 3 rings (SSSR count). The van der Waals surface area contributed by atoms with E-state index in [9.17, 15) is 4.79 Å². The first-order chi connectivity index (χ1) is 6.93. The van der Waals surface area contributed by atoms with E-state index in [-0.39, 0.29) is 0 Å². The average Bonchev–Trinajstić information content (AvgIpc) is 2.88. The maximum absolute atomic E-state index is 11.8. The second kappa shape index (κ2) is 2.39. The summed E-state index contributed by atoms with van der Waals surface area (Å²) in [6.07, 6.45) is 9.10. The smallest absolute Gasteiger partial charge is 0.159 e. The van der Waals surface area contributed by atoms with E-state index in [2.05, 4.69) is 26.8 Å². The first-order valence-electron chi connectivity index (χ1n) is 6.16. The number of carbonyl (C=O) groups excluding carboxylic acids is 1. The molecule has 0 radical (unpaired) electrons. The van der Waals surface area contributed by atoms with E-state index in [1.54, 1.807) is 0 Å². The van der Waals surface area contributed by atoms with Gasteiger partial charge in [0.2, 0.25) is 0 Å². The Balaban J connectivity index is 2.14. The van der Waals surface area contributed by atoms with Crippen molar-refractivity contribution in [2.24, 2.45) is 22.2 Å². The fraction of sp³-hybridized carbons (Fsp3) is 0.786. The van der Waals surface area contributed by atoms with E-state index in [1.807, 2.05) is 6.08 Å². The zero-order valence-electron chi connectivity index (χ0n) is 9.97. The van der Waals surface area contributed by atoms with E-state index in [0.29, 0.717) is 27.9 Å². The van der Waals surface area contributed by atoms with Crippen molar-refractivity contribution in [3.05, 3.63) is 12.2 Å². The first-order valence-corrected chi connectivity index (χ1v) is 6.16. The van der Waals surface area contributed by atoms with Crippen molar-refractivity contribution in [3.8, 4) is 0 Å². The fourth-order valence-electron chi connectivity index (χ4n) is 4.72. The molecule has 1 nitrogen and oxygen atoms in total. The Morgan fingerprint density at radius 3 is 2.73 bits per heavy atom. The maximum Gasteiger partial charge on any atom is 0.159 e. The van der Waals surface area contributed by atoms with Crippen molar-refractivity contribution in [2.75, 3.05) is 0 Å². The highest BCUT2D eigenvalue weighted by Gasteiger charge is 2.73. The molecule has 3 aliphatic carbocycles. The number of allylic oxidation sites excluding steroid dienone is 2. The van der Waals surface area contributed by atoms with Gasteiger partial charge in [-0.1, -0.05) is 33.3 Å². The van der Waals surface area contributed by atoms with Crippen molar-refractivity contribution < 1.29 is 4.79 Å². The summed E-state index contributed by atoms with van der Waals surface area (Å²) in [4.78, 5) is 11.8. The van der Waals surface area contributed by atoms with Crippen LogP contribution in [0.25, 0.3) is 0 Å². The Bertz CT molecular complexity index is 366. The molecule has 82 valence electrons. The molecular formula is C14H20O. The predicted octanol–water partition coefficient (Wildman–Crippen LogP) is 3.35. The van der Waals surface area contributed by atoms with E-state index in [4.69, 9.17) is 0 Å². The monoisotopic (exact) mass is 204 g/mol. The lowest BCUT2D eigenvalue weighted by molar-refractivity contribution is -0.120. The Labute approximate surface area is 91.9 Å². The Morgan fingerprint density at radius 1 is 1.27 bits per heavy atom. The van der Waals surface area contributed by atoms with Crippen molar-refractivity contribution in [1.82, 2.24) is 0 Å². The highest BCUT2D eigenvalue weighted by Crippen LogP contribution is 2.78. The largest absolute Gasteiger partial charge is 0.295 e. The van der Waals surface area contributed by atoms with E-state index in [0.717, 1.165) is 6.42 Å². The van der Waals surface area contributed by atoms with Crippen LogP contribution < -0.4 is 0 Å². The van der Waals surface area contributed by atoms with Gasteiger partial charge >= 0.3 is 0 Å². The third kappa shape index (κ3) is 0.885. The molecular weight excluding hydrogens is 184 g/mol. The third-order valence-corrected chi connectivity index (χ3v) is 5.64. The number of hydrogen-bond acceptors (Lipinski definition) is 1. The third-order valence-electron chi connectivity index (χ3n) is 5.64. The zero-order chi connectivity index (χ0) is 10.9. The van der Waals surface area contributed by atoms with E-state index in [1.165, 1.54) is 19.3 Å². The standard InChI is InChI=1S/C14H20O/c1-12(2)6-4-7-13(3)8-5-11(15)10-9-14(10,12)13/h5,8,10H,4,6-7,9H2,1-3H3/t10-,13-,14-/m0/s1. The number of rotatable bonds is 0. The summed E-state index contributed by atoms with van der Waals surface area (Å²) in [5.74, 6) is 0.741. The van der Waals surface area contributed by atoms with Crippen LogP contribution in [0.4, 0.5) is 0 Å². The van der Waals surface area contributed by atoms with Gasteiger partial charge in [-0.05, 0) is 41.6 Å². The van der Waals surface area contributed by atoms with Crippen molar-refractivity contribution in [3.63, 3.8) is 0 Å². The Hall–Kier alpha value is -0.590. The van der Waals surface area contributed by atoms with E-state index < -0.39 is 0 Å². The van der Waals surface area contributed by atoms with Crippen molar-refractivity contribution >= 4 is 5.78 Å². The van der Waals surface area contributed by atoms with Crippen LogP contribution >= 0.6 is 0 Å². The summed E-state index contributed by atoms with van der Waals surface area (Å²) in [5, 5.41) is 0. The van der Waals surface area contributed by atoms with Crippen LogP contribution in [0.3, 0.4) is 0 Å². The molecule has 0 heterocycles. The highest BCUT2D eigenvalue weighted by atomic mass is 16.1. The molecule has 0 aliphatic heterocycles. The lowest BCUT2D eigenvalue weighted by Gasteiger charge is -2.52. The molecule has 0 N–H and O–H groups in total. The molecule has 1 heteroatoms. The number of carbonyl (C=O) groups is 1. The SMILES string of the molecule is CC1(C)CCC[C@@]2(C)C=CC(=O)[C@@H]3C[C@]312. The maximum atomic E-state index is 11.8. The molecule has 3 aliphatic rings. The molecule has 3 atom stereocenters. The second-order valence-corrected chi connectivity index (χ2v) is 6.62. The van der Waals surface area contributed by atoms with Crippen LogP contribution in [-0.4, -0.2) is 5.78 Å². The van der Waals surface area contributed by atoms with Crippen LogP contribution in [-0.2, 0) is 4.79 Å². The molecule has 0 aromatic carbocycles. The molecule has 0 amide bonds. The van der Waals surface area contributed by atoms with Gasteiger partial charge in [-0.3, -0.25) is 4.79 Å². The van der Waals surface area contributed by atoms with Crippen LogP contribution in [0.2, 0.25) is 0 Å². The van der Waals surface area contributed by atoms with Crippen LogP contribution in [0.1, 0.15) is 46.5 Å². The highest BCUT2D eigenvalue weighted by molar-refractivity contribution is 5.96. The molecule has 0 saturated heterocycles. The summed E-state index contributed by atoms with van der Waals surface area (Å²) in [5.41, 5.74) is 0.961. The minimum atomic E-state index is 0.299. The fourth-order valence-corrected chi connectivity index (χ4v) is 4.72. The van der Waals surface area contributed by atoms with Gasteiger partial charge in [0.25, 0.3) is 0 Å². The van der Waals surface area contributed by atoms with Gasteiger partial charge in [-0.25, -0.2) is 0 Å². The van der Waals surface area contributed by atoms with Crippen molar-refractivity contribution in [1.29, 1.82) is 0 Å². The second-order valence-electron chi connectivity index (χ2n) is 6.62. The number of hydrogen-bond donors (Lipinski definition) is 0. The molecule has 0 unspecified atom stereocenters. The quantitative estimate of drug-likeness (QED) is 0.591. The topological polar surface area (TPSA) is 17.1 Å².